The van der Waals surface area contributed by atoms with Crippen LogP contribution in [0.3, 0.4) is 0 Å². The van der Waals surface area contributed by atoms with Gasteiger partial charge in [-0.2, -0.15) is 0 Å². The SMILES string of the molecule is CCN(CC)CC(C)NC(C)CS(C)(=O)=O. The first-order valence-corrected chi connectivity index (χ1v) is 8.00. The van der Waals surface area contributed by atoms with Crippen LogP contribution in [-0.2, 0) is 9.84 Å². The van der Waals surface area contributed by atoms with Gasteiger partial charge in [0.25, 0.3) is 0 Å². The summed E-state index contributed by atoms with van der Waals surface area (Å²) < 4.78 is 22.2. The highest BCUT2D eigenvalue weighted by atomic mass is 32.2. The molecular formula is C11H26N2O2S. The highest BCUT2D eigenvalue weighted by Crippen LogP contribution is 1.96. The fourth-order valence-electron chi connectivity index (χ4n) is 1.91. The fourth-order valence-corrected chi connectivity index (χ4v) is 2.91. The lowest BCUT2D eigenvalue weighted by atomic mass is 10.2. The Kier molecular flexibility index (Phi) is 7.19. The molecule has 0 amide bonds. The number of likely N-dealkylation sites (N-methyl/N-ethyl adjacent to an activating group) is 1. The second kappa shape index (κ2) is 7.25. The van der Waals surface area contributed by atoms with Crippen molar-refractivity contribution in [3.63, 3.8) is 0 Å². The van der Waals surface area contributed by atoms with E-state index in [1.54, 1.807) is 0 Å². The van der Waals surface area contributed by atoms with Gasteiger partial charge in [-0.1, -0.05) is 13.8 Å². The third-order valence-corrected chi connectivity index (χ3v) is 3.65. The molecule has 0 radical (unpaired) electrons. The summed E-state index contributed by atoms with van der Waals surface area (Å²) in [6.07, 6.45) is 1.28. The number of nitrogens with one attached hydrogen (secondary N) is 1. The van der Waals surface area contributed by atoms with Crippen LogP contribution in [0.2, 0.25) is 0 Å². The monoisotopic (exact) mass is 250 g/mol. The third kappa shape index (κ3) is 8.07. The lowest BCUT2D eigenvalue weighted by Gasteiger charge is -2.25. The minimum absolute atomic E-state index is 0.0144. The fraction of sp³-hybridized carbons (Fsp3) is 1.00. The van der Waals surface area contributed by atoms with E-state index in [4.69, 9.17) is 0 Å². The molecule has 0 aliphatic rings. The first-order valence-electron chi connectivity index (χ1n) is 5.94. The zero-order chi connectivity index (χ0) is 12.8. The molecule has 4 nitrogen and oxygen atoms in total. The Morgan fingerprint density at radius 2 is 1.62 bits per heavy atom. The average Bonchev–Trinajstić information content (AvgIpc) is 2.10. The van der Waals surface area contributed by atoms with E-state index in [1.165, 1.54) is 6.26 Å². The van der Waals surface area contributed by atoms with Crippen LogP contribution in [0.15, 0.2) is 0 Å². The van der Waals surface area contributed by atoms with Crippen LogP contribution in [0.4, 0.5) is 0 Å². The lowest BCUT2D eigenvalue weighted by Crippen LogP contribution is -2.45. The molecule has 0 aliphatic carbocycles. The summed E-state index contributed by atoms with van der Waals surface area (Å²) in [7, 11) is -2.88. The number of hydrogen-bond acceptors (Lipinski definition) is 4. The zero-order valence-electron chi connectivity index (χ0n) is 11.2. The molecule has 2 unspecified atom stereocenters. The second-order valence-corrected chi connectivity index (χ2v) is 6.73. The van der Waals surface area contributed by atoms with Crippen LogP contribution in [0.5, 0.6) is 0 Å². The minimum Gasteiger partial charge on any atom is -0.309 e. The summed E-state index contributed by atoms with van der Waals surface area (Å²) in [5.74, 6) is 0.204. The summed E-state index contributed by atoms with van der Waals surface area (Å²) in [5, 5.41) is 3.31. The summed E-state index contributed by atoms with van der Waals surface area (Å²) in [4.78, 5) is 2.32. The predicted octanol–water partition coefficient (Wildman–Crippen LogP) is 0.739. The molecule has 0 aromatic carbocycles. The van der Waals surface area contributed by atoms with Crippen molar-refractivity contribution in [1.82, 2.24) is 10.2 Å². The standard InChI is InChI=1S/C11H26N2O2S/c1-6-13(7-2)8-10(3)12-11(4)9-16(5,14)15/h10-12H,6-9H2,1-5H3. The lowest BCUT2D eigenvalue weighted by molar-refractivity contribution is 0.265. The van der Waals surface area contributed by atoms with E-state index < -0.39 is 9.84 Å². The molecule has 1 N–H and O–H groups in total. The van der Waals surface area contributed by atoms with E-state index in [0.29, 0.717) is 6.04 Å². The predicted molar refractivity (Wildman–Crippen MR) is 69.6 cm³/mol. The van der Waals surface area contributed by atoms with Crippen LogP contribution in [0, 0.1) is 0 Å². The van der Waals surface area contributed by atoms with Crippen LogP contribution in [0.1, 0.15) is 27.7 Å². The molecule has 0 aliphatic heterocycles. The minimum atomic E-state index is -2.88. The Morgan fingerprint density at radius 3 is 2.00 bits per heavy atom. The molecule has 0 rings (SSSR count). The van der Waals surface area contributed by atoms with Crippen molar-refractivity contribution in [1.29, 1.82) is 0 Å². The van der Waals surface area contributed by atoms with Gasteiger partial charge in [0.05, 0.1) is 5.75 Å². The molecule has 0 aromatic heterocycles. The summed E-state index contributed by atoms with van der Waals surface area (Å²) >= 11 is 0. The number of sulfone groups is 1. The van der Waals surface area contributed by atoms with E-state index in [1.807, 2.05) is 6.92 Å². The molecule has 2 atom stereocenters. The Hall–Kier alpha value is -0.130. The van der Waals surface area contributed by atoms with Crippen LogP contribution < -0.4 is 5.32 Å². The molecule has 98 valence electrons. The number of nitrogens with zero attached hydrogens (tertiary/aromatic N) is 1. The molecule has 0 heterocycles. The number of rotatable bonds is 8. The average molecular weight is 250 g/mol. The third-order valence-electron chi connectivity index (χ3n) is 2.55. The van der Waals surface area contributed by atoms with Crippen molar-refractivity contribution in [3.05, 3.63) is 0 Å². The highest BCUT2D eigenvalue weighted by molar-refractivity contribution is 7.90. The van der Waals surface area contributed by atoms with Crippen molar-refractivity contribution in [2.45, 2.75) is 39.8 Å². The van der Waals surface area contributed by atoms with Crippen molar-refractivity contribution in [2.75, 3.05) is 31.6 Å². The van der Waals surface area contributed by atoms with Crippen LogP contribution in [-0.4, -0.2) is 57.0 Å². The maximum absolute atomic E-state index is 11.1. The molecular weight excluding hydrogens is 224 g/mol. The van der Waals surface area contributed by atoms with Gasteiger partial charge in [-0.15, -0.1) is 0 Å². The Morgan fingerprint density at radius 1 is 1.12 bits per heavy atom. The van der Waals surface area contributed by atoms with E-state index in [-0.39, 0.29) is 11.8 Å². The largest absolute Gasteiger partial charge is 0.309 e. The number of hydrogen-bond donors (Lipinski definition) is 1. The van der Waals surface area contributed by atoms with E-state index in [9.17, 15) is 8.42 Å². The first-order chi connectivity index (χ1) is 7.28. The van der Waals surface area contributed by atoms with Gasteiger partial charge in [-0.25, -0.2) is 8.42 Å². The molecule has 0 aromatic rings. The van der Waals surface area contributed by atoms with Gasteiger partial charge in [0.15, 0.2) is 0 Å². The molecule has 16 heavy (non-hydrogen) atoms. The molecule has 0 spiro atoms. The van der Waals surface area contributed by atoms with E-state index in [0.717, 1.165) is 19.6 Å². The van der Waals surface area contributed by atoms with Gasteiger partial charge in [-0.05, 0) is 26.9 Å². The van der Waals surface area contributed by atoms with Crippen molar-refractivity contribution in [2.24, 2.45) is 0 Å². The first kappa shape index (κ1) is 15.9. The van der Waals surface area contributed by atoms with Gasteiger partial charge in [-0.3, -0.25) is 0 Å². The Labute approximate surface area is 100 Å². The summed E-state index contributed by atoms with van der Waals surface area (Å²) in [5.41, 5.74) is 0. The van der Waals surface area contributed by atoms with E-state index >= 15 is 0 Å². The topological polar surface area (TPSA) is 49.4 Å². The van der Waals surface area contributed by atoms with Gasteiger partial charge in [0.1, 0.15) is 9.84 Å². The second-order valence-electron chi connectivity index (χ2n) is 4.55. The smallest absolute Gasteiger partial charge is 0.148 e. The normalized spacial score (nSPS) is 16.4. The summed E-state index contributed by atoms with van der Waals surface area (Å²) in [6, 6.07) is 0.331. The Balaban J connectivity index is 3.99. The zero-order valence-corrected chi connectivity index (χ0v) is 12.0. The maximum atomic E-state index is 11.1. The summed E-state index contributed by atoms with van der Waals surface area (Å²) in [6.45, 7) is 11.3. The quantitative estimate of drug-likeness (QED) is 0.690. The molecule has 5 heteroatoms. The van der Waals surface area contributed by atoms with Crippen molar-refractivity contribution >= 4 is 9.84 Å². The molecule has 0 saturated heterocycles. The van der Waals surface area contributed by atoms with Crippen LogP contribution in [0.25, 0.3) is 0 Å². The van der Waals surface area contributed by atoms with Crippen molar-refractivity contribution in [3.8, 4) is 0 Å². The molecule has 0 fully saturated rings. The van der Waals surface area contributed by atoms with Gasteiger partial charge in [0, 0.05) is 24.9 Å². The van der Waals surface area contributed by atoms with Crippen molar-refractivity contribution < 1.29 is 8.42 Å². The molecule has 0 bridgehead atoms. The maximum Gasteiger partial charge on any atom is 0.148 e. The van der Waals surface area contributed by atoms with Gasteiger partial charge < -0.3 is 10.2 Å². The van der Waals surface area contributed by atoms with Gasteiger partial charge >= 0.3 is 0 Å². The van der Waals surface area contributed by atoms with E-state index in [2.05, 4.69) is 31.0 Å². The van der Waals surface area contributed by atoms with Gasteiger partial charge in [0.2, 0.25) is 0 Å². The highest BCUT2D eigenvalue weighted by Gasteiger charge is 2.14. The Bertz CT molecular complexity index is 274. The molecule has 0 saturated carbocycles. The van der Waals surface area contributed by atoms with Crippen LogP contribution >= 0.6 is 0 Å².